The maximum absolute atomic E-state index is 5.08. The second-order valence-corrected chi connectivity index (χ2v) is 3.23. The first kappa shape index (κ1) is 8.02. The highest BCUT2D eigenvalue weighted by molar-refractivity contribution is 4.84. The largest absolute Gasteiger partial charge is 0.383 e. The minimum atomic E-state index is 0.689. The fourth-order valence-electron chi connectivity index (χ4n) is 1.51. The monoisotopic (exact) mass is 143 g/mol. The van der Waals surface area contributed by atoms with Gasteiger partial charge in [-0.25, -0.2) is 0 Å². The van der Waals surface area contributed by atoms with Gasteiger partial charge in [-0.1, -0.05) is 0 Å². The highest BCUT2D eigenvalue weighted by atomic mass is 16.5. The van der Waals surface area contributed by atoms with Gasteiger partial charge in [0.25, 0.3) is 0 Å². The molecule has 0 saturated carbocycles. The summed E-state index contributed by atoms with van der Waals surface area (Å²) in [5, 5.41) is 0. The molecule has 0 aliphatic carbocycles. The summed E-state index contributed by atoms with van der Waals surface area (Å²) in [5.41, 5.74) is 0. The van der Waals surface area contributed by atoms with Gasteiger partial charge in [-0.05, 0) is 20.3 Å². The first-order valence-corrected chi connectivity index (χ1v) is 4.00. The molecule has 1 unspecified atom stereocenters. The van der Waals surface area contributed by atoms with E-state index in [0.29, 0.717) is 12.1 Å². The molecule has 2 heteroatoms. The van der Waals surface area contributed by atoms with Crippen LogP contribution < -0.4 is 0 Å². The van der Waals surface area contributed by atoms with E-state index in [1.54, 1.807) is 7.11 Å². The molecule has 0 aromatic rings. The van der Waals surface area contributed by atoms with Gasteiger partial charge in [0, 0.05) is 25.7 Å². The average molecular weight is 143 g/mol. The van der Waals surface area contributed by atoms with E-state index in [9.17, 15) is 0 Å². The molecular weight excluding hydrogens is 126 g/mol. The summed E-state index contributed by atoms with van der Waals surface area (Å²) in [6, 6.07) is 1.39. The Morgan fingerprint density at radius 1 is 1.60 bits per heavy atom. The van der Waals surface area contributed by atoms with Crippen LogP contribution in [-0.2, 0) is 4.74 Å². The van der Waals surface area contributed by atoms with Gasteiger partial charge in [0.1, 0.15) is 0 Å². The summed E-state index contributed by atoms with van der Waals surface area (Å²) in [4.78, 5) is 2.48. The number of hydrogen-bond acceptors (Lipinski definition) is 2. The molecule has 0 aromatic carbocycles. The van der Waals surface area contributed by atoms with Crippen molar-refractivity contribution in [3.05, 3.63) is 0 Å². The molecule has 1 aliphatic rings. The Labute approximate surface area is 63.2 Å². The lowest BCUT2D eigenvalue weighted by molar-refractivity contribution is 0.00219. The fraction of sp³-hybridized carbons (Fsp3) is 1.00. The van der Waals surface area contributed by atoms with E-state index in [2.05, 4.69) is 18.7 Å². The van der Waals surface area contributed by atoms with Gasteiger partial charge in [0.2, 0.25) is 0 Å². The Bertz CT molecular complexity index is 103. The molecule has 60 valence electrons. The minimum Gasteiger partial charge on any atom is -0.383 e. The van der Waals surface area contributed by atoms with Crippen LogP contribution in [0.2, 0.25) is 0 Å². The van der Waals surface area contributed by atoms with Crippen molar-refractivity contribution in [2.75, 3.05) is 20.3 Å². The van der Waals surface area contributed by atoms with Gasteiger partial charge >= 0.3 is 0 Å². The van der Waals surface area contributed by atoms with Gasteiger partial charge in [0.05, 0.1) is 6.61 Å². The first-order chi connectivity index (χ1) is 4.75. The summed E-state index contributed by atoms with van der Waals surface area (Å²) in [6.45, 7) is 6.63. The third-order valence-electron chi connectivity index (χ3n) is 2.21. The molecule has 1 aliphatic heterocycles. The molecule has 0 spiro atoms. The Morgan fingerprint density at radius 2 is 2.30 bits per heavy atom. The molecule has 10 heavy (non-hydrogen) atoms. The Kier molecular flexibility index (Phi) is 2.69. The number of methoxy groups -OCH3 is 1. The zero-order valence-corrected chi connectivity index (χ0v) is 7.13. The second-order valence-electron chi connectivity index (χ2n) is 3.23. The fourth-order valence-corrected chi connectivity index (χ4v) is 1.51. The van der Waals surface area contributed by atoms with E-state index in [1.165, 1.54) is 13.0 Å². The predicted octanol–water partition coefficient (Wildman–Crippen LogP) is 1.12. The van der Waals surface area contributed by atoms with Crippen molar-refractivity contribution in [1.29, 1.82) is 0 Å². The molecule has 1 heterocycles. The van der Waals surface area contributed by atoms with E-state index >= 15 is 0 Å². The van der Waals surface area contributed by atoms with Crippen molar-refractivity contribution in [1.82, 2.24) is 4.90 Å². The van der Waals surface area contributed by atoms with Gasteiger partial charge in [-0.15, -0.1) is 0 Å². The molecule has 2 nitrogen and oxygen atoms in total. The highest BCUT2D eigenvalue weighted by Gasteiger charge is 2.29. The van der Waals surface area contributed by atoms with Crippen molar-refractivity contribution in [3.8, 4) is 0 Å². The second kappa shape index (κ2) is 3.35. The van der Waals surface area contributed by atoms with E-state index in [0.717, 1.165) is 6.61 Å². The number of ether oxygens (including phenoxy) is 1. The topological polar surface area (TPSA) is 12.5 Å². The number of nitrogens with zero attached hydrogens (tertiary/aromatic N) is 1. The molecule has 0 aromatic heterocycles. The van der Waals surface area contributed by atoms with Crippen molar-refractivity contribution in [2.45, 2.75) is 32.4 Å². The van der Waals surface area contributed by atoms with Gasteiger partial charge < -0.3 is 4.74 Å². The number of rotatable bonds is 3. The lowest BCUT2D eigenvalue weighted by atomic mass is 10.0. The summed E-state index contributed by atoms with van der Waals surface area (Å²) < 4.78 is 5.08. The van der Waals surface area contributed by atoms with Crippen LogP contribution in [0.1, 0.15) is 20.3 Å². The Hall–Kier alpha value is -0.0800. The first-order valence-electron chi connectivity index (χ1n) is 4.00. The van der Waals surface area contributed by atoms with Crippen LogP contribution in [0.25, 0.3) is 0 Å². The molecule has 1 rings (SSSR count). The van der Waals surface area contributed by atoms with Crippen molar-refractivity contribution < 1.29 is 4.74 Å². The average Bonchev–Trinajstić information content (AvgIpc) is 1.78. The molecule has 1 fully saturated rings. The van der Waals surface area contributed by atoms with Crippen molar-refractivity contribution in [2.24, 2.45) is 0 Å². The van der Waals surface area contributed by atoms with Gasteiger partial charge in [-0.3, -0.25) is 4.90 Å². The minimum absolute atomic E-state index is 0.689. The SMILES string of the molecule is COCC1CCN1C(C)C. The molecule has 1 saturated heterocycles. The maximum Gasteiger partial charge on any atom is 0.0618 e. The zero-order valence-electron chi connectivity index (χ0n) is 7.13. The molecule has 0 amide bonds. The van der Waals surface area contributed by atoms with Crippen molar-refractivity contribution in [3.63, 3.8) is 0 Å². The summed E-state index contributed by atoms with van der Waals surface area (Å²) in [7, 11) is 1.77. The summed E-state index contributed by atoms with van der Waals surface area (Å²) in [5.74, 6) is 0. The predicted molar refractivity (Wildman–Crippen MR) is 42.1 cm³/mol. The highest BCUT2D eigenvalue weighted by Crippen LogP contribution is 2.19. The van der Waals surface area contributed by atoms with Crippen LogP contribution in [0.4, 0.5) is 0 Å². The zero-order chi connectivity index (χ0) is 7.56. The van der Waals surface area contributed by atoms with E-state index in [1.807, 2.05) is 0 Å². The lowest BCUT2D eigenvalue weighted by Gasteiger charge is -2.43. The van der Waals surface area contributed by atoms with E-state index in [4.69, 9.17) is 4.74 Å². The quantitative estimate of drug-likeness (QED) is 0.587. The number of hydrogen-bond donors (Lipinski definition) is 0. The Balaban J connectivity index is 2.22. The van der Waals surface area contributed by atoms with Crippen molar-refractivity contribution >= 4 is 0 Å². The third-order valence-corrected chi connectivity index (χ3v) is 2.21. The normalized spacial score (nSPS) is 27.0. The van der Waals surface area contributed by atoms with Crippen LogP contribution in [0.15, 0.2) is 0 Å². The molecule has 1 atom stereocenters. The van der Waals surface area contributed by atoms with Crippen LogP contribution in [0.5, 0.6) is 0 Å². The van der Waals surface area contributed by atoms with E-state index < -0.39 is 0 Å². The Morgan fingerprint density at radius 3 is 2.60 bits per heavy atom. The molecule has 0 bridgehead atoms. The molecule has 0 N–H and O–H groups in total. The lowest BCUT2D eigenvalue weighted by Crippen LogP contribution is -2.53. The van der Waals surface area contributed by atoms with Crippen LogP contribution in [0.3, 0.4) is 0 Å². The maximum atomic E-state index is 5.08. The standard InChI is InChI=1S/C8H17NO/c1-7(2)9-5-4-8(9)6-10-3/h7-8H,4-6H2,1-3H3. The molecule has 0 radical (unpaired) electrons. The third kappa shape index (κ3) is 1.50. The van der Waals surface area contributed by atoms with Crippen LogP contribution >= 0.6 is 0 Å². The van der Waals surface area contributed by atoms with Gasteiger partial charge in [-0.2, -0.15) is 0 Å². The smallest absolute Gasteiger partial charge is 0.0618 e. The van der Waals surface area contributed by atoms with E-state index in [-0.39, 0.29) is 0 Å². The summed E-state index contributed by atoms with van der Waals surface area (Å²) >= 11 is 0. The van der Waals surface area contributed by atoms with Gasteiger partial charge in [0.15, 0.2) is 0 Å². The summed E-state index contributed by atoms with van der Waals surface area (Å²) in [6.07, 6.45) is 1.31. The molecular formula is C8H17NO. The number of likely N-dealkylation sites (tertiary alicyclic amines) is 1. The van der Waals surface area contributed by atoms with Crippen LogP contribution in [0, 0.1) is 0 Å². The van der Waals surface area contributed by atoms with Crippen LogP contribution in [-0.4, -0.2) is 37.2 Å².